The van der Waals surface area contributed by atoms with Gasteiger partial charge in [-0.3, -0.25) is 19.9 Å². The number of alkyl halides is 2. The molecule has 0 aliphatic carbocycles. The molecule has 0 aromatic carbocycles. The van der Waals surface area contributed by atoms with Crippen molar-refractivity contribution in [1.29, 1.82) is 0 Å². The van der Waals surface area contributed by atoms with Crippen molar-refractivity contribution in [2.75, 3.05) is 5.32 Å². The zero-order valence-corrected chi connectivity index (χ0v) is 11.7. The molecule has 0 saturated heterocycles. The molecule has 3 rings (SSSR count). The van der Waals surface area contributed by atoms with Crippen molar-refractivity contribution in [2.45, 2.75) is 6.43 Å². The number of hydrogen-bond donors (Lipinski definition) is 2. The molecule has 0 radical (unpaired) electrons. The zero-order chi connectivity index (χ0) is 16.2. The van der Waals surface area contributed by atoms with Gasteiger partial charge in [0.1, 0.15) is 11.4 Å². The van der Waals surface area contributed by atoms with Gasteiger partial charge in [0.25, 0.3) is 12.3 Å². The van der Waals surface area contributed by atoms with Crippen LogP contribution in [0.1, 0.15) is 22.5 Å². The van der Waals surface area contributed by atoms with Crippen molar-refractivity contribution < 1.29 is 13.6 Å². The highest BCUT2D eigenvalue weighted by atomic mass is 19.3. The van der Waals surface area contributed by atoms with Crippen LogP contribution in [0.2, 0.25) is 0 Å². The fourth-order valence-corrected chi connectivity index (χ4v) is 1.94. The van der Waals surface area contributed by atoms with Crippen molar-refractivity contribution >= 4 is 11.6 Å². The van der Waals surface area contributed by atoms with Gasteiger partial charge in [-0.15, -0.1) is 0 Å². The molecule has 0 spiro atoms. The van der Waals surface area contributed by atoms with E-state index in [1.54, 1.807) is 24.4 Å². The molecule has 2 N–H and O–H groups in total. The molecule has 0 saturated carbocycles. The molecular formula is C15H11F2N5O. The molecule has 0 bridgehead atoms. The molecule has 0 fully saturated rings. The average Bonchev–Trinajstić information content (AvgIpc) is 3.04. The number of nitrogens with zero attached hydrogens (tertiary/aromatic N) is 3. The topological polar surface area (TPSA) is 83.6 Å². The van der Waals surface area contributed by atoms with Gasteiger partial charge in [0, 0.05) is 18.0 Å². The van der Waals surface area contributed by atoms with Crippen molar-refractivity contribution in [3.8, 4) is 11.4 Å². The van der Waals surface area contributed by atoms with Crippen LogP contribution in [0.3, 0.4) is 0 Å². The summed E-state index contributed by atoms with van der Waals surface area (Å²) in [5.41, 5.74) is 1.37. The number of halogens is 2. The van der Waals surface area contributed by atoms with Gasteiger partial charge >= 0.3 is 0 Å². The van der Waals surface area contributed by atoms with Crippen LogP contribution in [0.5, 0.6) is 0 Å². The second kappa shape index (κ2) is 6.30. The maximum absolute atomic E-state index is 12.5. The summed E-state index contributed by atoms with van der Waals surface area (Å²) in [6.07, 6.45) is 1.42. The van der Waals surface area contributed by atoms with E-state index in [9.17, 15) is 13.6 Å². The summed E-state index contributed by atoms with van der Waals surface area (Å²) in [6.45, 7) is 0. The Bertz CT molecular complexity index is 802. The first-order valence-electron chi connectivity index (χ1n) is 6.65. The zero-order valence-electron chi connectivity index (χ0n) is 11.7. The van der Waals surface area contributed by atoms with E-state index < -0.39 is 12.3 Å². The first-order chi connectivity index (χ1) is 11.1. The third-order valence-electron chi connectivity index (χ3n) is 3.08. The summed E-state index contributed by atoms with van der Waals surface area (Å²) in [5.74, 6) is -0.524. The molecule has 6 nitrogen and oxygen atoms in total. The van der Waals surface area contributed by atoms with Crippen molar-refractivity contribution in [3.05, 3.63) is 60.2 Å². The van der Waals surface area contributed by atoms with E-state index in [2.05, 4.69) is 25.5 Å². The second-order valence-corrected chi connectivity index (χ2v) is 4.61. The minimum absolute atomic E-state index is 0.0302. The van der Waals surface area contributed by atoms with Crippen molar-refractivity contribution in [1.82, 2.24) is 20.2 Å². The van der Waals surface area contributed by atoms with E-state index in [1.807, 2.05) is 0 Å². The first-order valence-corrected chi connectivity index (χ1v) is 6.65. The quantitative estimate of drug-likeness (QED) is 0.775. The van der Waals surface area contributed by atoms with E-state index in [0.717, 1.165) is 6.20 Å². The minimum Gasteiger partial charge on any atom is -0.317 e. The summed E-state index contributed by atoms with van der Waals surface area (Å²) < 4.78 is 25.0. The Balaban J connectivity index is 1.80. The number of carbonyl (C=O) groups is 1. The number of aromatic amines is 1. The number of H-pyrrole nitrogens is 1. The molecule has 23 heavy (non-hydrogen) atoms. The van der Waals surface area contributed by atoms with Gasteiger partial charge in [-0.1, -0.05) is 6.07 Å². The summed E-state index contributed by atoms with van der Waals surface area (Å²) in [6, 6.07) is 7.75. The van der Waals surface area contributed by atoms with E-state index in [-0.39, 0.29) is 11.3 Å². The Kier molecular flexibility index (Phi) is 4.05. The molecule has 0 unspecified atom stereocenters. The highest BCUT2D eigenvalue weighted by Gasteiger charge is 2.15. The van der Waals surface area contributed by atoms with Gasteiger partial charge < -0.3 is 5.32 Å². The largest absolute Gasteiger partial charge is 0.317 e. The maximum atomic E-state index is 12.5. The lowest BCUT2D eigenvalue weighted by Crippen LogP contribution is -2.14. The molecule has 3 aromatic rings. The SMILES string of the molecule is O=C(Nc1cn[nH]c1-c1ccccn1)c1ccc(C(F)F)cn1. The number of aromatic nitrogens is 4. The van der Waals surface area contributed by atoms with Gasteiger partial charge in [-0.2, -0.15) is 5.10 Å². The summed E-state index contributed by atoms with van der Waals surface area (Å²) in [7, 11) is 0. The van der Waals surface area contributed by atoms with Crippen molar-refractivity contribution in [2.24, 2.45) is 0 Å². The van der Waals surface area contributed by atoms with Crippen LogP contribution in [-0.2, 0) is 0 Å². The van der Waals surface area contributed by atoms with Crippen LogP contribution >= 0.6 is 0 Å². The number of hydrogen-bond acceptors (Lipinski definition) is 4. The Hall–Kier alpha value is -3.16. The first kappa shape index (κ1) is 14.8. The highest BCUT2D eigenvalue weighted by molar-refractivity contribution is 6.04. The van der Waals surface area contributed by atoms with E-state index in [0.29, 0.717) is 17.1 Å². The third kappa shape index (κ3) is 3.20. The van der Waals surface area contributed by atoms with Gasteiger partial charge in [-0.25, -0.2) is 8.78 Å². The van der Waals surface area contributed by atoms with Crippen LogP contribution in [-0.4, -0.2) is 26.1 Å². The van der Waals surface area contributed by atoms with Crippen LogP contribution in [0.4, 0.5) is 14.5 Å². The monoisotopic (exact) mass is 315 g/mol. The maximum Gasteiger partial charge on any atom is 0.274 e. The smallest absolute Gasteiger partial charge is 0.274 e. The molecule has 1 amide bonds. The average molecular weight is 315 g/mol. The van der Waals surface area contributed by atoms with Gasteiger partial charge in [0.15, 0.2) is 0 Å². The molecular weight excluding hydrogens is 304 g/mol. The van der Waals surface area contributed by atoms with Gasteiger partial charge in [0.2, 0.25) is 0 Å². The molecule has 0 aliphatic rings. The molecule has 116 valence electrons. The Morgan fingerprint density at radius 3 is 2.65 bits per heavy atom. The standard InChI is InChI=1S/C15H11F2N5O/c16-14(17)9-4-5-11(19-7-9)15(23)21-12-8-20-22-13(12)10-3-1-2-6-18-10/h1-8,14H,(H,20,22)(H,21,23). The molecule has 0 aliphatic heterocycles. The lowest BCUT2D eigenvalue weighted by atomic mass is 10.2. The summed E-state index contributed by atoms with van der Waals surface area (Å²) >= 11 is 0. The van der Waals surface area contributed by atoms with Crippen LogP contribution in [0.15, 0.2) is 48.9 Å². The Morgan fingerprint density at radius 2 is 2.00 bits per heavy atom. The lowest BCUT2D eigenvalue weighted by Gasteiger charge is -2.06. The van der Waals surface area contributed by atoms with E-state index in [1.165, 1.54) is 18.3 Å². The van der Waals surface area contributed by atoms with Crippen LogP contribution in [0.25, 0.3) is 11.4 Å². The molecule has 3 heterocycles. The second-order valence-electron chi connectivity index (χ2n) is 4.61. The summed E-state index contributed by atoms with van der Waals surface area (Å²) in [5, 5.41) is 9.27. The number of pyridine rings is 2. The predicted molar refractivity (Wildman–Crippen MR) is 79.0 cm³/mol. The van der Waals surface area contributed by atoms with E-state index in [4.69, 9.17) is 0 Å². The highest BCUT2D eigenvalue weighted by Crippen LogP contribution is 2.23. The molecule has 0 atom stereocenters. The van der Waals surface area contributed by atoms with Gasteiger partial charge in [-0.05, 0) is 24.3 Å². The normalized spacial score (nSPS) is 10.7. The fourth-order valence-electron chi connectivity index (χ4n) is 1.94. The van der Waals surface area contributed by atoms with Crippen LogP contribution in [0, 0.1) is 0 Å². The number of anilines is 1. The lowest BCUT2D eigenvalue weighted by molar-refractivity contribution is 0.102. The van der Waals surface area contributed by atoms with Gasteiger partial charge in [0.05, 0.1) is 17.6 Å². The molecule has 8 heteroatoms. The van der Waals surface area contributed by atoms with Crippen molar-refractivity contribution in [3.63, 3.8) is 0 Å². The number of amides is 1. The van der Waals surface area contributed by atoms with E-state index >= 15 is 0 Å². The minimum atomic E-state index is -2.62. The fraction of sp³-hybridized carbons (Fsp3) is 0.0667. The number of rotatable bonds is 4. The Morgan fingerprint density at radius 1 is 1.13 bits per heavy atom. The summed E-state index contributed by atoms with van der Waals surface area (Å²) in [4.78, 5) is 20.1. The number of nitrogens with one attached hydrogen (secondary N) is 2. The van der Waals surface area contributed by atoms with Crippen LogP contribution < -0.4 is 5.32 Å². The third-order valence-corrected chi connectivity index (χ3v) is 3.08. The predicted octanol–water partition coefficient (Wildman–Crippen LogP) is 3.06. The number of carbonyl (C=O) groups excluding carboxylic acids is 1. The molecule has 3 aromatic heterocycles. The Labute approximate surface area is 129 Å².